The number of aryl methyl sites for hydroxylation is 1. The Morgan fingerprint density at radius 1 is 1.27 bits per heavy atom. The molecule has 0 N–H and O–H groups in total. The molecule has 1 heterocycles. The Kier molecular flexibility index (Phi) is 3.49. The van der Waals surface area contributed by atoms with Gasteiger partial charge in [0.2, 0.25) is 0 Å². The Morgan fingerprint density at radius 2 is 2.13 bits per heavy atom. The van der Waals surface area contributed by atoms with Crippen LogP contribution in [0.5, 0.6) is 0 Å². The number of hydrogen-bond acceptors (Lipinski definition) is 2. The van der Waals surface area contributed by atoms with Crippen LogP contribution in [0.25, 0.3) is 10.9 Å². The molecule has 0 saturated heterocycles. The van der Waals surface area contributed by atoms with Crippen LogP contribution >= 0.6 is 24.2 Å². The van der Waals surface area contributed by atoms with E-state index in [0.717, 1.165) is 40.1 Å². The van der Waals surface area contributed by atoms with Crippen LogP contribution in [0, 0.1) is 0 Å². The first-order chi connectivity index (χ1) is 7.33. The van der Waals surface area contributed by atoms with Crippen molar-refractivity contribution in [1.29, 1.82) is 0 Å². The van der Waals surface area contributed by atoms with Crippen LogP contribution < -0.4 is 0 Å². The zero-order valence-corrected chi connectivity index (χ0v) is 9.93. The molecular weight excluding hydrogens is 226 g/mol. The van der Waals surface area contributed by atoms with Crippen molar-refractivity contribution in [2.75, 3.05) is 5.75 Å². The molecule has 15 heavy (non-hydrogen) atoms. The molecule has 2 aromatic rings. The minimum atomic E-state index is 0.808. The van der Waals surface area contributed by atoms with Gasteiger partial charge in [0.05, 0.1) is 5.52 Å². The molecule has 0 aliphatic heterocycles. The smallest absolute Gasteiger partial charge is 0.0748 e. The van der Waals surface area contributed by atoms with E-state index in [0.29, 0.717) is 0 Å². The Labute approximate surface area is 99.9 Å². The summed E-state index contributed by atoms with van der Waals surface area (Å²) in [6.45, 7) is 0. The fourth-order valence-electron chi connectivity index (χ4n) is 1.67. The van der Waals surface area contributed by atoms with E-state index in [9.17, 15) is 0 Å². The second-order valence-electron chi connectivity index (χ2n) is 3.43. The molecule has 0 atom stereocenters. The number of rotatable bonds is 3. The fraction of sp³-hybridized carbons (Fsp3) is 0.250. The van der Waals surface area contributed by atoms with Crippen LogP contribution in [0.1, 0.15) is 12.0 Å². The summed E-state index contributed by atoms with van der Waals surface area (Å²) in [5.41, 5.74) is 2.16. The van der Waals surface area contributed by atoms with E-state index in [4.69, 9.17) is 11.6 Å². The lowest BCUT2D eigenvalue weighted by Gasteiger charge is -2.06. The predicted octanol–water partition coefficient (Wildman–Crippen LogP) is 3.75. The lowest BCUT2D eigenvalue weighted by molar-refractivity contribution is 0.941. The number of benzene rings is 1. The molecule has 0 unspecified atom stereocenters. The number of pyridine rings is 1. The van der Waals surface area contributed by atoms with Gasteiger partial charge in [-0.2, -0.15) is 12.6 Å². The summed E-state index contributed by atoms with van der Waals surface area (Å²) in [6, 6.07) is 7.95. The third-order valence-corrected chi connectivity index (χ3v) is 3.08. The normalized spacial score (nSPS) is 10.8. The van der Waals surface area contributed by atoms with Crippen molar-refractivity contribution in [2.24, 2.45) is 0 Å². The summed E-state index contributed by atoms with van der Waals surface area (Å²) in [7, 11) is 0. The van der Waals surface area contributed by atoms with Crippen molar-refractivity contribution in [3.05, 3.63) is 41.0 Å². The highest BCUT2D eigenvalue weighted by Gasteiger charge is 2.06. The lowest BCUT2D eigenvalue weighted by atomic mass is 10.1. The van der Waals surface area contributed by atoms with Crippen molar-refractivity contribution < 1.29 is 0 Å². The summed E-state index contributed by atoms with van der Waals surface area (Å²) in [5.74, 6) is 0.875. The molecule has 1 nitrogen and oxygen atoms in total. The van der Waals surface area contributed by atoms with Crippen LogP contribution in [-0.4, -0.2) is 10.7 Å². The van der Waals surface area contributed by atoms with E-state index in [1.165, 1.54) is 0 Å². The van der Waals surface area contributed by atoms with Gasteiger partial charge in [0.1, 0.15) is 0 Å². The first kappa shape index (κ1) is 10.8. The maximum absolute atomic E-state index is 6.17. The summed E-state index contributed by atoms with van der Waals surface area (Å²) >= 11 is 10.4. The van der Waals surface area contributed by atoms with Gasteiger partial charge in [-0.1, -0.05) is 23.7 Å². The second-order valence-corrected chi connectivity index (χ2v) is 4.28. The minimum Gasteiger partial charge on any atom is -0.256 e. The van der Waals surface area contributed by atoms with E-state index in [1.807, 2.05) is 24.4 Å². The van der Waals surface area contributed by atoms with Gasteiger partial charge in [-0.05, 0) is 36.3 Å². The number of hydrogen-bond donors (Lipinski definition) is 1. The van der Waals surface area contributed by atoms with Gasteiger partial charge in [-0.25, -0.2) is 0 Å². The fourth-order valence-corrected chi connectivity index (χ4v) is 2.08. The molecule has 0 radical (unpaired) electrons. The van der Waals surface area contributed by atoms with Gasteiger partial charge in [0.25, 0.3) is 0 Å². The van der Waals surface area contributed by atoms with E-state index in [1.54, 1.807) is 0 Å². The van der Waals surface area contributed by atoms with Crippen LogP contribution in [0.3, 0.4) is 0 Å². The summed E-state index contributed by atoms with van der Waals surface area (Å²) in [6.07, 6.45) is 3.78. The van der Waals surface area contributed by atoms with Crippen molar-refractivity contribution in [2.45, 2.75) is 12.8 Å². The summed E-state index contributed by atoms with van der Waals surface area (Å²) in [5, 5.41) is 1.96. The molecule has 0 bridgehead atoms. The van der Waals surface area contributed by atoms with E-state index < -0.39 is 0 Å². The van der Waals surface area contributed by atoms with Crippen molar-refractivity contribution in [3.63, 3.8) is 0 Å². The van der Waals surface area contributed by atoms with E-state index >= 15 is 0 Å². The van der Waals surface area contributed by atoms with Gasteiger partial charge >= 0.3 is 0 Å². The molecule has 2 rings (SSSR count). The number of halogens is 1. The molecule has 1 aromatic carbocycles. The maximum Gasteiger partial charge on any atom is 0.0748 e. The monoisotopic (exact) mass is 237 g/mol. The highest BCUT2D eigenvalue weighted by atomic mass is 35.5. The van der Waals surface area contributed by atoms with Gasteiger partial charge in [-0.15, -0.1) is 0 Å². The van der Waals surface area contributed by atoms with Gasteiger partial charge in [0.15, 0.2) is 0 Å². The number of thiol groups is 1. The molecular formula is C12H12ClNS. The van der Waals surface area contributed by atoms with E-state index in [-0.39, 0.29) is 0 Å². The van der Waals surface area contributed by atoms with Gasteiger partial charge in [-0.3, -0.25) is 4.98 Å². The first-order valence-corrected chi connectivity index (χ1v) is 5.97. The number of nitrogens with zero attached hydrogens (tertiary/aromatic N) is 1. The molecule has 0 saturated carbocycles. The summed E-state index contributed by atoms with van der Waals surface area (Å²) in [4.78, 5) is 4.39. The zero-order chi connectivity index (χ0) is 10.7. The molecule has 0 aliphatic carbocycles. The molecule has 0 fully saturated rings. The summed E-state index contributed by atoms with van der Waals surface area (Å²) < 4.78 is 0. The lowest BCUT2D eigenvalue weighted by Crippen LogP contribution is -1.92. The standard InChI is InChI=1S/C12H12ClNS/c13-11-6-5-9-3-1-7-14-12(9)10(11)4-2-8-15/h1,3,5-7,15H,2,4,8H2. The average Bonchev–Trinajstić information content (AvgIpc) is 2.28. The quantitative estimate of drug-likeness (QED) is 0.803. The van der Waals surface area contributed by atoms with Gasteiger partial charge in [0, 0.05) is 16.6 Å². The predicted molar refractivity (Wildman–Crippen MR) is 68.9 cm³/mol. The third-order valence-electron chi connectivity index (χ3n) is 2.41. The molecule has 1 aromatic heterocycles. The largest absolute Gasteiger partial charge is 0.256 e. The third kappa shape index (κ3) is 2.27. The minimum absolute atomic E-state index is 0.808. The van der Waals surface area contributed by atoms with Crippen LogP contribution in [0.4, 0.5) is 0 Å². The Hall–Kier alpha value is -0.730. The first-order valence-electron chi connectivity index (χ1n) is 4.96. The van der Waals surface area contributed by atoms with Crippen LogP contribution in [0.2, 0.25) is 5.02 Å². The number of aromatic nitrogens is 1. The Bertz CT molecular complexity index is 470. The average molecular weight is 238 g/mol. The Morgan fingerprint density at radius 3 is 2.93 bits per heavy atom. The van der Waals surface area contributed by atoms with Crippen molar-refractivity contribution >= 4 is 35.1 Å². The SMILES string of the molecule is SCCCc1c(Cl)ccc2cccnc12. The van der Waals surface area contributed by atoms with Crippen LogP contribution in [0.15, 0.2) is 30.5 Å². The second kappa shape index (κ2) is 4.86. The van der Waals surface area contributed by atoms with Crippen molar-refractivity contribution in [3.8, 4) is 0 Å². The Balaban J connectivity index is 2.53. The molecule has 0 spiro atoms. The molecule has 0 aliphatic rings. The van der Waals surface area contributed by atoms with Gasteiger partial charge < -0.3 is 0 Å². The highest BCUT2D eigenvalue weighted by molar-refractivity contribution is 7.80. The van der Waals surface area contributed by atoms with Crippen molar-refractivity contribution in [1.82, 2.24) is 4.98 Å². The molecule has 78 valence electrons. The molecule has 3 heteroatoms. The highest BCUT2D eigenvalue weighted by Crippen LogP contribution is 2.25. The maximum atomic E-state index is 6.17. The number of fused-ring (bicyclic) bond motifs is 1. The molecule has 0 amide bonds. The van der Waals surface area contributed by atoms with Crippen LogP contribution in [-0.2, 0) is 6.42 Å². The topological polar surface area (TPSA) is 12.9 Å². The zero-order valence-electron chi connectivity index (χ0n) is 8.28. The van der Waals surface area contributed by atoms with E-state index in [2.05, 4.69) is 23.7 Å².